The van der Waals surface area contributed by atoms with Gasteiger partial charge in [-0.3, -0.25) is 14.3 Å². The number of hydrogen-bond acceptors (Lipinski definition) is 4. The second-order valence-corrected chi connectivity index (χ2v) is 7.29. The highest BCUT2D eigenvalue weighted by molar-refractivity contribution is 7.92. The van der Waals surface area contributed by atoms with Gasteiger partial charge in [0, 0.05) is 25.3 Å². The highest BCUT2D eigenvalue weighted by Crippen LogP contribution is 2.17. The van der Waals surface area contributed by atoms with E-state index in [1.54, 1.807) is 14.1 Å². The molecule has 2 rings (SSSR count). The average Bonchev–Trinajstić information content (AvgIpc) is 2.61. The van der Waals surface area contributed by atoms with E-state index in [9.17, 15) is 22.4 Å². The van der Waals surface area contributed by atoms with E-state index in [-0.39, 0.29) is 28.6 Å². The van der Waals surface area contributed by atoms with Gasteiger partial charge in [-0.05, 0) is 48.5 Å². The monoisotopic (exact) mass is 379 g/mol. The zero-order valence-corrected chi connectivity index (χ0v) is 15.0. The molecule has 0 saturated heterocycles. The first kappa shape index (κ1) is 19.4. The Hall–Kier alpha value is -2.94. The number of halogens is 1. The van der Waals surface area contributed by atoms with Crippen LogP contribution in [0.5, 0.6) is 0 Å². The molecule has 0 fully saturated rings. The van der Waals surface area contributed by atoms with Crippen LogP contribution < -0.4 is 10.0 Å². The van der Waals surface area contributed by atoms with Gasteiger partial charge in [-0.25, -0.2) is 12.8 Å². The van der Waals surface area contributed by atoms with Crippen LogP contribution in [0.2, 0.25) is 0 Å². The molecular weight excluding hydrogens is 361 g/mol. The van der Waals surface area contributed by atoms with E-state index in [1.807, 2.05) is 0 Å². The van der Waals surface area contributed by atoms with Crippen molar-refractivity contribution in [3.63, 3.8) is 0 Å². The first-order valence-corrected chi connectivity index (χ1v) is 9.04. The van der Waals surface area contributed by atoms with E-state index >= 15 is 0 Å². The third-order valence-corrected chi connectivity index (χ3v) is 4.82. The van der Waals surface area contributed by atoms with Gasteiger partial charge in [0.15, 0.2) is 0 Å². The number of anilines is 1. The summed E-state index contributed by atoms with van der Waals surface area (Å²) < 4.78 is 39.8. The predicted octanol–water partition coefficient (Wildman–Crippen LogP) is 1.44. The quantitative estimate of drug-likeness (QED) is 0.794. The summed E-state index contributed by atoms with van der Waals surface area (Å²) in [6, 6.07) is 10.1. The minimum atomic E-state index is -3.87. The molecular formula is C17H18FN3O4S. The molecule has 2 aromatic carbocycles. The molecule has 26 heavy (non-hydrogen) atoms. The van der Waals surface area contributed by atoms with Crippen molar-refractivity contribution in [2.75, 3.05) is 25.4 Å². The standard InChI is InChI=1S/C17H18FN3O4S/c1-21(2)16(22)11-19-17(23)12-3-9-15(10-4-12)26(24,25)20-14-7-5-13(18)6-8-14/h3-10,20H,11H2,1-2H3,(H,19,23). The summed E-state index contributed by atoms with van der Waals surface area (Å²) in [5, 5.41) is 2.45. The van der Waals surface area contributed by atoms with E-state index in [0.717, 1.165) is 12.1 Å². The number of rotatable bonds is 6. The molecule has 138 valence electrons. The molecule has 9 heteroatoms. The topological polar surface area (TPSA) is 95.6 Å². The van der Waals surface area contributed by atoms with Crippen molar-refractivity contribution < 1.29 is 22.4 Å². The van der Waals surface area contributed by atoms with Crippen LogP contribution in [0.4, 0.5) is 10.1 Å². The van der Waals surface area contributed by atoms with Crippen molar-refractivity contribution in [3.8, 4) is 0 Å². The summed E-state index contributed by atoms with van der Waals surface area (Å²) in [6.07, 6.45) is 0. The lowest BCUT2D eigenvalue weighted by Gasteiger charge is -2.11. The minimum Gasteiger partial charge on any atom is -0.347 e. The van der Waals surface area contributed by atoms with Gasteiger partial charge < -0.3 is 10.2 Å². The van der Waals surface area contributed by atoms with Crippen LogP contribution in [-0.4, -0.2) is 45.8 Å². The first-order valence-electron chi connectivity index (χ1n) is 7.56. The van der Waals surface area contributed by atoms with Crippen molar-refractivity contribution >= 4 is 27.5 Å². The normalized spacial score (nSPS) is 10.9. The number of likely N-dealkylation sites (N-methyl/N-ethyl adjacent to an activating group) is 1. The van der Waals surface area contributed by atoms with Gasteiger partial charge in [-0.1, -0.05) is 0 Å². The molecule has 2 amide bonds. The molecule has 0 spiro atoms. The molecule has 0 aliphatic carbocycles. The molecule has 0 aromatic heterocycles. The molecule has 7 nitrogen and oxygen atoms in total. The minimum absolute atomic E-state index is 0.0530. The molecule has 2 N–H and O–H groups in total. The fourth-order valence-corrected chi connectivity index (χ4v) is 2.99. The van der Waals surface area contributed by atoms with Gasteiger partial charge in [0.1, 0.15) is 5.82 Å². The maximum absolute atomic E-state index is 12.9. The van der Waals surface area contributed by atoms with Crippen molar-refractivity contribution in [3.05, 3.63) is 59.9 Å². The number of carbonyl (C=O) groups is 2. The Labute approximate surface area is 150 Å². The van der Waals surface area contributed by atoms with Crippen LogP contribution in [0.25, 0.3) is 0 Å². The molecule has 0 radical (unpaired) electrons. The van der Waals surface area contributed by atoms with Gasteiger partial charge in [0.2, 0.25) is 5.91 Å². The van der Waals surface area contributed by atoms with Gasteiger partial charge in [-0.2, -0.15) is 0 Å². The summed E-state index contributed by atoms with van der Waals surface area (Å²) in [5.74, 6) is -1.23. The Bertz CT molecular complexity index is 895. The molecule has 0 aliphatic heterocycles. The van der Waals surface area contributed by atoms with Gasteiger partial charge in [0.25, 0.3) is 15.9 Å². The lowest BCUT2D eigenvalue weighted by Crippen LogP contribution is -2.36. The summed E-state index contributed by atoms with van der Waals surface area (Å²) in [7, 11) is -0.727. The summed E-state index contributed by atoms with van der Waals surface area (Å²) in [4.78, 5) is 24.7. The number of amides is 2. The lowest BCUT2D eigenvalue weighted by atomic mass is 10.2. The van der Waals surface area contributed by atoms with Crippen molar-refractivity contribution in [2.45, 2.75) is 4.90 Å². The van der Waals surface area contributed by atoms with Gasteiger partial charge >= 0.3 is 0 Å². The first-order chi connectivity index (χ1) is 12.2. The zero-order chi connectivity index (χ0) is 19.3. The SMILES string of the molecule is CN(C)C(=O)CNC(=O)c1ccc(S(=O)(=O)Nc2ccc(F)cc2)cc1. The average molecular weight is 379 g/mol. The number of nitrogens with zero attached hydrogens (tertiary/aromatic N) is 1. The van der Waals surface area contributed by atoms with Gasteiger partial charge in [-0.15, -0.1) is 0 Å². The fraction of sp³-hybridized carbons (Fsp3) is 0.176. The molecule has 2 aromatic rings. The second-order valence-electron chi connectivity index (χ2n) is 5.61. The largest absolute Gasteiger partial charge is 0.347 e. The third kappa shape index (κ3) is 5.03. The van der Waals surface area contributed by atoms with Crippen LogP contribution in [-0.2, 0) is 14.8 Å². The molecule has 0 saturated carbocycles. The molecule has 0 atom stereocenters. The van der Waals surface area contributed by atoms with E-state index in [4.69, 9.17) is 0 Å². The van der Waals surface area contributed by atoms with Crippen LogP contribution >= 0.6 is 0 Å². The second kappa shape index (κ2) is 7.96. The number of nitrogens with one attached hydrogen (secondary N) is 2. The Morgan fingerprint density at radius 3 is 2.12 bits per heavy atom. The Morgan fingerprint density at radius 1 is 1.00 bits per heavy atom. The van der Waals surface area contributed by atoms with Gasteiger partial charge in [0.05, 0.1) is 11.4 Å². The maximum Gasteiger partial charge on any atom is 0.261 e. The smallest absolute Gasteiger partial charge is 0.261 e. The van der Waals surface area contributed by atoms with Crippen LogP contribution in [0.15, 0.2) is 53.4 Å². The lowest BCUT2D eigenvalue weighted by molar-refractivity contribution is -0.127. The maximum atomic E-state index is 12.9. The summed E-state index contributed by atoms with van der Waals surface area (Å²) in [6.45, 7) is -0.155. The van der Waals surface area contributed by atoms with E-state index in [2.05, 4.69) is 10.0 Å². The van der Waals surface area contributed by atoms with Crippen molar-refractivity contribution in [1.29, 1.82) is 0 Å². The Balaban J connectivity index is 2.06. The summed E-state index contributed by atoms with van der Waals surface area (Å²) in [5.41, 5.74) is 0.438. The zero-order valence-electron chi connectivity index (χ0n) is 14.2. The van der Waals surface area contributed by atoms with Crippen LogP contribution in [0.1, 0.15) is 10.4 Å². The molecule has 0 heterocycles. The highest BCUT2D eigenvalue weighted by atomic mass is 32.2. The Kier molecular flexibility index (Phi) is 5.93. The third-order valence-electron chi connectivity index (χ3n) is 3.42. The predicted molar refractivity (Wildman–Crippen MR) is 94.7 cm³/mol. The number of hydrogen-bond donors (Lipinski definition) is 2. The Morgan fingerprint density at radius 2 is 1.58 bits per heavy atom. The van der Waals surface area contributed by atoms with Crippen LogP contribution in [0, 0.1) is 5.82 Å². The number of sulfonamides is 1. The van der Waals surface area contributed by atoms with Crippen molar-refractivity contribution in [2.24, 2.45) is 0 Å². The number of benzene rings is 2. The molecule has 0 bridgehead atoms. The van der Waals surface area contributed by atoms with E-state index in [1.165, 1.54) is 41.3 Å². The molecule has 0 unspecified atom stereocenters. The van der Waals surface area contributed by atoms with Crippen LogP contribution in [0.3, 0.4) is 0 Å². The molecule has 0 aliphatic rings. The van der Waals surface area contributed by atoms with E-state index < -0.39 is 21.7 Å². The highest BCUT2D eigenvalue weighted by Gasteiger charge is 2.16. The summed E-state index contributed by atoms with van der Waals surface area (Å²) >= 11 is 0. The van der Waals surface area contributed by atoms with E-state index in [0.29, 0.717) is 0 Å². The van der Waals surface area contributed by atoms with Crippen molar-refractivity contribution in [1.82, 2.24) is 10.2 Å². The fourth-order valence-electron chi connectivity index (χ4n) is 1.93. The number of carbonyl (C=O) groups excluding carboxylic acids is 2.